The van der Waals surface area contributed by atoms with E-state index in [2.05, 4.69) is 20.3 Å². The largest absolute Gasteiger partial charge is 0.382 e. The van der Waals surface area contributed by atoms with Crippen molar-refractivity contribution in [3.05, 3.63) is 48.9 Å². The molecule has 0 saturated heterocycles. The van der Waals surface area contributed by atoms with E-state index in [0.29, 0.717) is 35.3 Å². The molecule has 9 nitrogen and oxygen atoms in total. The van der Waals surface area contributed by atoms with Gasteiger partial charge in [0, 0.05) is 24.0 Å². The molecule has 0 atom stereocenters. The van der Waals surface area contributed by atoms with E-state index in [1.165, 1.54) is 0 Å². The summed E-state index contributed by atoms with van der Waals surface area (Å²) < 4.78 is 2.03. The van der Waals surface area contributed by atoms with Crippen LogP contribution in [0.4, 0.5) is 11.5 Å². The molecule has 5 N–H and O–H groups in total. The number of aryl methyl sites for hydroxylation is 1. The monoisotopic (exact) mass is 388 g/mol. The SMILES string of the molecule is CCn1c(-c2nc(-c3ccc(NC(=O)CN)cc3)cnc2N)nc2cnccc21. The van der Waals surface area contributed by atoms with Gasteiger partial charge in [-0.1, -0.05) is 12.1 Å². The van der Waals surface area contributed by atoms with Gasteiger partial charge >= 0.3 is 0 Å². The van der Waals surface area contributed by atoms with Crippen LogP contribution in [0.2, 0.25) is 0 Å². The van der Waals surface area contributed by atoms with Gasteiger partial charge < -0.3 is 21.4 Å². The van der Waals surface area contributed by atoms with Crippen molar-refractivity contribution >= 4 is 28.4 Å². The Morgan fingerprint density at radius 3 is 2.66 bits per heavy atom. The molecule has 146 valence electrons. The Kier molecular flexibility index (Phi) is 4.88. The van der Waals surface area contributed by atoms with Crippen molar-refractivity contribution in [2.75, 3.05) is 17.6 Å². The van der Waals surface area contributed by atoms with Gasteiger partial charge in [0.2, 0.25) is 5.91 Å². The average Bonchev–Trinajstić information content (AvgIpc) is 3.13. The number of nitrogens with zero attached hydrogens (tertiary/aromatic N) is 5. The second-order valence-corrected chi connectivity index (χ2v) is 6.36. The molecule has 9 heteroatoms. The second-order valence-electron chi connectivity index (χ2n) is 6.36. The smallest absolute Gasteiger partial charge is 0.238 e. The Bertz CT molecular complexity index is 1180. The van der Waals surface area contributed by atoms with Crippen LogP contribution in [0.1, 0.15) is 6.92 Å². The predicted molar refractivity (Wildman–Crippen MR) is 112 cm³/mol. The van der Waals surface area contributed by atoms with Crippen LogP contribution in [-0.2, 0) is 11.3 Å². The predicted octanol–water partition coefficient (Wildman–Crippen LogP) is 2.05. The number of carbonyl (C=O) groups is 1. The van der Waals surface area contributed by atoms with E-state index in [1.807, 2.05) is 29.7 Å². The summed E-state index contributed by atoms with van der Waals surface area (Å²) in [6.07, 6.45) is 5.07. The highest BCUT2D eigenvalue weighted by Crippen LogP contribution is 2.28. The van der Waals surface area contributed by atoms with Gasteiger partial charge in [-0.3, -0.25) is 9.78 Å². The number of amides is 1. The lowest BCUT2D eigenvalue weighted by atomic mass is 10.1. The first-order valence-corrected chi connectivity index (χ1v) is 9.14. The first-order chi connectivity index (χ1) is 14.1. The quantitative estimate of drug-likeness (QED) is 0.476. The van der Waals surface area contributed by atoms with Gasteiger partial charge in [0.1, 0.15) is 11.2 Å². The third-order valence-corrected chi connectivity index (χ3v) is 4.53. The molecule has 3 heterocycles. The third kappa shape index (κ3) is 3.50. The maximum absolute atomic E-state index is 11.4. The first-order valence-electron chi connectivity index (χ1n) is 9.14. The van der Waals surface area contributed by atoms with Crippen molar-refractivity contribution in [3.8, 4) is 22.8 Å². The molecule has 0 unspecified atom stereocenters. The zero-order valence-corrected chi connectivity index (χ0v) is 15.8. The van der Waals surface area contributed by atoms with Crippen LogP contribution < -0.4 is 16.8 Å². The molecule has 0 aliphatic heterocycles. The number of rotatable bonds is 5. The van der Waals surface area contributed by atoms with Crippen LogP contribution in [0.25, 0.3) is 33.8 Å². The van der Waals surface area contributed by atoms with Crippen molar-refractivity contribution in [1.29, 1.82) is 0 Å². The minimum atomic E-state index is -0.250. The summed E-state index contributed by atoms with van der Waals surface area (Å²) in [5.41, 5.74) is 15.9. The molecule has 0 aliphatic carbocycles. The molecule has 1 amide bonds. The van der Waals surface area contributed by atoms with Gasteiger partial charge in [0.15, 0.2) is 11.6 Å². The molecule has 1 aromatic carbocycles. The molecule has 0 radical (unpaired) electrons. The summed E-state index contributed by atoms with van der Waals surface area (Å²) in [7, 11) is 0. The minimum Gasteiger partial charge on any atom is -0.382 e. The van der Waals surface area contributed by atoms with Crippen molar-refractivity contribution < 1.29 is 4.79 Å². The molecule has 0 aliphatic rings. The van der Waals surface area contributed by atoms with Crippen molar-refractivity contribution in [2.45, 2.75) is 13.5 Å². The number of nitrogen functional groups attached to an aromatic ring is 1. The van der Waals surface area contributed by atoms with Crippen LogP contribution in [-0.4, -0.2) is 37.0 Å². The maximum atomic E-state index is 11.4. The summed E-state index contributed by atoms with van der Waals surface area (Å²) in [6.45, 7) is 2.67. The number of nitrogens with two attached hydrogens (primary N) is 2. The van der Waals surface area contributed by atoms with E-state index in [4.69, 9.17) is 16.5 Å². The fraction of sp³-hybridized carbons (Fsp3) is 0.150. The van der Waals surface area contributed by atoms with Crippen molar-refractivity contribution in [1.82, 2.24) is 24.5 Å². The number of hydrogen-bond donors (Lipinski definition) is 3. The summed E-state index contributed by atoms with van der Waals surface area (Å²) in [5.74, 6) is 0.702. The Morgan fingerprint density at radius 1 is 1.14 bits per heavy atom. The molecule has 3 aromatic heterocycles. The first kappa shape index (κ1) is 18.5. The van der Waals surface area contributed by atoms with Crippen molar-refractivity contribution in [3.63, 3.8) is 0 Å². The normalized spacial score (nSPS) is 11.0. The van der Waals surface area contributed by atoms with Crippen LogP contribution in [0.15, 0.2) is 48.9 Å². The summed E-state index contributed by atoms with van der Waals surface area (Å²) in [6, 6.07) is 9.18. The lowest BCUT2D eigenvalue weighted by Gasteiger charge is -2.10. The third-order valence-electron chi connectivity index (χ3n) is 4.53. The molecule has 0 saturated carbocycles. The Labute approximate surface area is 166 Å². The molecular weight excluding hydrogens is 368 g/mol. The van der Waals surface area contributed by atoms with Gasteiger partial charge in [0.05, 0.1) is 30.1 Å². The van der Waals surface area contributed by atoms with E-state index >= 15 is 0 Å². The molecule has 29 heavy (non-hydrogen) atoms. The highest BCUT2D eigenvalue weighted by Gasteiger charge is 2.17. The fourth-order valence-electron chi connectivity index (χ4n) is 3.12. The van der Waals surface area contributed by atoms with Crippen LogP contribution >= 0.6 is 0 Å². The molecule has 0 bridgehead atoms. The second kappa shape index (κ2) is 7.64. The summed E-state index contributed by atoms with van der Waals surface area (Å²) in [4.78, 5) is 29.3. The van der Waals surface area contributed by atoms with E-state index in [0.717, 1.165) is 16.6 Å². The lowest BCUT2D eigenvalue weighted by molar-refractivity contribution is -0.114. The topological polar surface area (TPSA) is 138 Å². The van der Waals surface area contributed by atoms with Crippen molar-refractivity contribution in [2.24, 2.45) is 5.73 Å². The average molecular weight is 388 g/mol. The van der Waals surface area contributed by atoms with E-state index in [-0.39, 0.29) is 12.5 Å². The molecule has 4 aromatic rings. The van der Waals surface area contributed by atoms with Gasteiger partial charge in [-0.25, -0.2) is 15.0 Å². The van der Waals surface area contributed by atoms with Gasteiger partial charge in [-0.15, -0.1) is 0 Å². The van der Waals surface area contributed by atoms with E-state index in [1.54, 1.807) is 30.7 Å². The number of carbonyl (C=O) groups excluding carboxylic acids is 1. The Hall–Kier alpha value is -3.85. The zero-order valence-electron chi connectivity index (χ0n) is 15.8. The van der Waals surface area contributed by atoms with E-state index < -0.39 is 0 Å². The Morgan fingerprint density at radius 2 is 1.93 bits per heavy atom. The standard InChI is InChI=1S/C20H20N8O/c1-2-28-16-7-8-23-10-15(16)27-20(28)18-19(22)24-11-14(26-18)12-3-5-13(6-4-12)25-17(29)9-21/h3-8,10-11H,2,9,21H2,1H3,(H2,22,24)(H,25,29). The maximum Gasteiger partial charge on any atom is 0.238 e. The number of fused-ring (bicyclic) bond motifs is 1. The highest BCUT2D eigenvalue weighted by atomic mass is 16.1. The number of anilines is 2. The number of aromatic nitrogens is 5. The summed E-state index contributed by atoms with van der Waals surface area (Å²) in [5, 5.41) is 2.71. The zero-order chi connectivity index (χ0) is 20.4. The lowest BCUT2D eigenvalue weighted by Crippen LogP contribution is -2.21. The highest BCUT2D eigenvalue weighted by molar-refractivity contribution is 5.92. The molecular formula is C20H20N8O. The van der Waals surface area contributed by atoms with Crippen LogP contribution in [0.5, 0.6) is 0 Å². The number of hydrogen-bond acceptors (Lipinski definition) is 7. The van der Waals surface area contributed by atoms with E-state index in [9.17, 15) is 4.79 Å². The van der Waals surface area contributed by atoms with Crippen LogP contribution in [0.3, 0.4) is 0 Å². The van der Waals surface area contributed by atoms with Gasteiger partial charge in [-0.05, 0) is 25.1 Å². The fourth-order valence-corrected chi connectivity index (χ4v) is 3.12. The number of imidazole rings is 1. The summed E-state index contributed by atoms with van der Waals surface area (Å²) >= 11 is 0. The number of benzene rings is 1. The van der Waals surface area contributed by atoms with Gasteiger partial charge in [0.25, 0.3) is 0 Å². The molecule has 4 rings (SSSR count). The van der Waals surface area contributed by atoms with Crippen LogP contribution in [0, 0.1) is 0 Å². The van der Waals surface area contributed by atoms with Gasteiger partial charge in [-0.2, -0.15) is 0 Å². The number of nitrogens with one attached hydrogen (secondary N) is 1. The molecule has 0 fully saturated rings. The molecule has 0 spiro atoms. The number of pyridine rings is 1. The Balaban J connectivity index is 1.75. The minimum absolute atomic E-state index is 0.0670.